The van der Waals surface area contributed by atoms with Gasteiger partial charge >= 0.3 is 6.09 Å². The molecule has 13 heavy (non-hydrogen) atoms. The Hall–Kier alpha value is -0.810. The van der Waals surface area contributed by atoms with Crippen molar-refractivity contribution in [1.82, 2.24) is 11.5 Å². The van der Waals surface area contributed by atoms with Gasteiger partial charge in [-0.05, 0) is 33.7 Å². The predicted molar refractivity (Wildman–Crippen MR) is 52.9 cm³/mol. The molecule has 0 radical (unpaired) electrons. The molecule has 0 atom stereocenters. The second kappa shape index (κ2) is 6.68. The van der Waals surface area contributed by atoms with Crippen LogP contribution in [0, 0.1) is 0 Å². The molecular formula is C8H21N3O2. The van der Waals surface area contributed by atoms with Gasteiger partial charge in [0.05, 0.1) is 0 Å². The summed E-state index contributed by atoms with van der Waals surface area (Å²) in [6.07, 6.45) is 0.398. The van der Waals surface area contributed by atoms with Crippen molar-refractivity contribution in [3.8, 4) is 0 Å². The molecule has 0 aliphatic carbocycles. The molecule has 80 valence electrons. The molecule has 6 N–H and O–H groups in total. The Morgan fingerprint density at radius 3 is 2.38 bits per heavy atom. The molecule has 0 spiro atoms. The molecule has 0 aromatic carbocycles. The summed E-state index contributed by atoms with van der Waals surface area (Å²) in [5.74, 6) is 0. The third-order valence-electron chi connectivity index (χ3n) is 1.05. The minimum Gasteiger partial charge on any atom is -0.444 e. The Morgan fingerprint density at radius 2 is 2.00 bits per heavy atom. The number of rotatable bonds is 3. The number of ether oxygens (including phenoxy) is 1. The van der Waals surface area contributed by atoms with Gasteiger partial charge in [-0.25, -0.2) is 4.79 Å². The first-order valence-electron chi connectivity index (χ1n) is 4.12. The van der Waals surface area contributed by atoms with E-state index in [1.54, 1.807) is 0 Å². The van der Waals surface area contributed by atoms with E-state index >= 15 is 0 Å². The fourth-order valence-corrected chi connectivity index (χ4v) is 0.607. The van der Waals surface area contributed by atoms with E-state index in [0.29, 0.717) is 13.1 Å². The second-order valence-corrected chi connectivity index (χ2v) is 3.57. The Balaban J connectivity index is 0. The average molecular weight is 191 g/mol. The van der Waals surface area contributed by atoms with Crippen molar-refractivity contribution in [2.24, 2.45) is 5.73 Å². The van der Waals surface area contributed by atoms with Crippen molar-refractivity contribution in [1.29, 1.82) is 0 Å². The first-order chi connectivity index (χ1) is 5.45. The lowest BCUT2D eigenvalue weighted by atomic mass is 10.2. The summed E-state index contributed by atoms with van der Waals surface area (Å²) in [5, 5.41) is 2.60. The van der Waals surface area contributed by atoms with E-state index in [1.807, 2.05) is 20.8 Å². The monoisotopic (exact) mass is 191 g/mol. The normalized spacial score (nSPS) is 10.2. The largest absolute Gasteiger partial charge is 0.444 e. The Morgan fingerprint density at radius 1 is 1.46 bits per heavy atom. The first kappa shape index (κ1) is 14.7. The van der Waals surface area contributed by atoms with E-state index in [4.69, 9.17) is 10.5 Å². The second-order valence-electron chi connectivity index (χ2n) is 3.57. The van der Waals surface area contributed by atoms with Crippen LogP contribution in [-0.2, 0) is 4.74 Å². The highest BCUT2D eigenvalue weighted by atomic mass is 16.6. The number of alkyl carbamates (subject to hydrolysis) is 1. The number of carbonyl (C=O) groups is 1. The van der Waals surface area contributed by atoms with Crippen LogP contribution in [0.15, 0.2) is 0 Å². The van der Waals surface area contributed by atoms with Crippen LogP contribution in [0.1, 0.15) is 27.2 Å². The van der Waals surface area contributed by atoms with Gasteiger partial charge in [0.15, 0.2) is 0 Å². The SMILES string of the molecule is CC(C)(C)OC(=O)NCCCN.N. The fraction of sp³-hybridized carbons (Fsp3) is 0.875. The van der Waals surface area contributed by atoms with E-state index in [-0.39, 0.29) is 12.2 Å². The van der Waals surface area contributed by atoms with Gasteiger partial charge in [-0.2, -0.15) is 0 Å². The van der Waals surface area contributed by atoms with Crippen LogP contribution in [0.4, 0.5) is 4.79 Å². The summed E-state index contributed by atoms with van der Waals surface area (Å²) in [7, 11) is 0. The van der Waals surface area contributed by atoms with Gasteiger partial charge in [-0.3, -0.25) is 0 Å². The third-order valence-corrected chi connectivity index (χ3v) is 1.05. The van der Waals surface area contributed by atoms with Crippen LogP contribution in [0.25, 0.3) is 0 Å². The molecule has 5 heteroatoms. The van der Waals surface area contributed by atoms with Crippen LogP contribution >= 0.6 is 0 Å². The standard InChI is InChI=1S/C8H18N2O2.H3N/c1-8(2,3)12-7(11)10-6-4-5-9;/h4-6,9H2,1-3H3,(H,10,11);1H3. The van der Waals surface area contributed by atoms with Crippen molar-refractivity contribution >= 4 is 6.09 Å². The molecule has 0 aliphatic heterocycles. The van der Waals surface area contributed by atoms with Crippen molar-refractivity contribution in [2.75, 3.05) is 13.1 Å². The number of nitrogens with one attached hydrogen (secondary N) is 1. The molecule has 0 heterocycles. The highest BCUT2D eigenvalue weighted by molar-refractivity contribution is 5.67. The molecule has 0 aromatic heterocycles. The van der Waals surface area contributed by atoms with Gasteiger partial charge in [-0.1, -0.05) is 0 Å². The highest BCUT2D eigenvalue weighted by Gasteiger charge is 2.14. The zero-order valence-electron chi connectivity index (χ0n) is 8.72. The van der Waals surface area contributed by atoms with Crippen LogP contribution in [-0.4, -0.2) is 24.8 Å². The molecule has 5 nitrogen and oxygen atoms in total. The molecule has 0 bridgehead atoms. The maximum Gasteiger partial charge on any atom is 0.407 e. The summed E-state index contributed by atoms with van der Waals surface area (Å²) in [4.78, 5) is 11.0. The third kappa shape index (κ3) is 11.2. The van der Waals surface area contributed by atoms with Gasteiger partial charge < -0.3 is 21.9 Å². The van der Waals surface area contributed by atoms with E-state index in [0.717, 1.165) is 6.42 Å². The summed E-state index contributed by atoms with van der Waals surface area (Å²) >= 11 is 0. The van der Waals surface area contributed by atoms with Crippen LogP contribution < -0.4 is 17.2 Å². The van der Waals surface area contributed by atoms with Crippen molar-refractivity contribution in [2.45, 2.75) is 32.8 Å². The summed E-state index contributed by atoms with van der Waals surface area (Å²) in [6.45, 7) is 6.64. The minimum atomic E-state index is -0.424. The number of amides is 1. The first-order valence-corrected chi connectivity index (χ1v) is 4.12. The summed E-state index contributed by atoms with van der Waals surface area (Å²) in [6, 6.07) is 0. The van der Waals surface area contributed by atoms with E-state index in [2.05, 4.69) is 5.32 Å². The molecular weight excluding hydrogens is 170 g/mol. The molecule has 0 rings (SSSR count). The van der Waals surface area contributed by atoms with Gasteiger partial charge in [0, 0.05) is 6.54 Å². The van der Waals surface area contributed by atoms with Gasteiger partial charge in [-0.15, -0.1) is 0 Å². The average Bonchev–Trinajstić information content (AvgIpc) is 1.84. The number of nitrogens with two attached hydrogens (primary N) is 1. The van der Waals surface area contributed by atoms with Crippen molar-refractivity contribution < 1.29 is 9.53 Å². The van der Waals surface area contributed by atoms with Crippen LogP contribution in [0.3, 0.4) is 0 Å². The topological polar surface area (TPSA) is 99.3 Å². The van der Waals surface area contributed by atoms with Crippen LogP contribution in [0.5, 0.6) is 0 Å². The molecule has 0 saturated heterocycles. The van der Waals surface area contributed by atoms with Gasteiger partial charge in [0.25, 0.3) is 0 Å². The highest BCUT2D eigenvalue weighted by Crippen LogP contribution is 2.05. The zero-order chi connectivity index (χ0) is 9.61. The van der Waals surface area contributed by atoms with Crippen molar-refractivity contribution in [3.63, 3.8) is 0 Å². The summed E-state index contributed by atoms with van der Waals surface area (Å²) < 4.78 is 4.99. The zero-order valence-corrected chi connectivity index (χ0v) is 8.72. The van der Waals surface area contributed by atoms with E-state index < -0.39 is 5.60 Å². The van der Waals surface area contributed by atoms with Gasteiger partial charge in [0.1, 0.15) is 5.60 Å². The maximum atomic E-state index is 11.0. The van der Waals surface area contributed by atoms with Gasteiger partial charge in [0.2, 0.25) is 0 Å². The smallest absolute Gasteiger partial charge is 0.407 e. The molecule has 0 saturated carbocycles. The van der Waals surface area contributed by atoms with E-state index in [9.17, 15) is 4.79 Å². The maximum absolute atomic E-state index is 11.0. The Kier molecular flexibility index (Phi) is 7.55. The Labute approximate surface area is 79.6 Å². The lowest BCUT2D eigenvalue weighted by molar-refractivity contribution is 0.0527. The summed E-state index contributed by atoms with van der Waals surface area (Å²) in [5.41, 5.74) is 4.83. The fourth-order valence-electron chi connectivity index (χ4n) is 0.607. The quantitative estimate of drug-likeness (QED) is 0.580. The van der Waals surface area contributed by atoms with E-state index in [1.165, 1.54) is 0 Å². The number of hydrogen-bond acceptors (Lipinski definition) is 4. The molecule has 0 unspecified atom stereocenters. The minimum absolute atomic E-state index is 0. The molecule has 0 fully saturated rings. The van der Waals surface area contributed by atoms with Crippen LogP contribution in [0.2, 0.25) is 0 Å². The molecule has 0 aromatic rings. The number of carbonyl (C=O) groups excluding carboxylic acids is 1. The lowest BCUT2D eigenvalue weighted by Crippen LogP contribution is -2.33. The molecule has 0 aliphatic rings. The predicted octanol–water partition coefficient (Wildman–Crippen LogP) is 1.02. The number of hydrogen-bond donors (Lipinski definition) is 3. The lowest BCUT2D eigenvalue weighted by Gasteiger charge is -2.19. The Bertz CT molecular complexity index is 143. The molecule has 1 amide bonds. The van der Waals surface area contributed by atoms with Crippen molar-refractivity contribution in [3.05, 3.63) is 0 Å².